The van der Waals surface area contributed by atoms with Gasteiger partial charge in [-0.1, -0.05) is 45.0 Å². The summed E-state index contributed by atoms with van der Waals surface area (Å²) in [4.78, 5) is 11.3. The fraction of sp³-hybridized carbons (Fsp3) is 0.409. The van der Waals surface area contributed by atoms with Crippen molar-refractivity contribution in [2.24, 2.45) is 0 Å². The Morgan fingerprint density at radius 1 is 1.04 bits per heavy atom. The molecule has 27 heavy (non-hydrogen) atoms. The topological polar surface area (TPSA) is 55.8 Å². The van der Waals surface area contributed by atoms with E-state index in [0.29, 0.717) is 12.2 Å². The lowest BCUT2D eigenvalue weighted by Gasteiger charge is -2.36. The maximum Gasteiger partial charge on any atom is 0.335 e. The molecule has 0 saturated heterocycles. The SMILES string of the molecule is CC(C)(C)[Si](C)(C)OCc1ccc2c(c1)[C@@H]1O[C@H]2c2ccc(C(=O)O)cc21. The number of carbonyl (C=O) groups is 1. The summed E-state index contributed by atoms with van der Waals surface area (Å²) in [6.07, 6.45) is -0.259. The summed E-state index contributed by atoms with van der Waals surface area (Å²) in [5, 5.41) is 9.46. The molecule has 4 nitrogen and oxygen atoms in total. The van der Waals surface area contributed by atoms with Crippen LogP contribution in [0.4, 0.5) is 0 Å². The van der Waals surface area contributed by atoms with Crippen LogP contribution in [0.15, 0.2) is 36.4 Å². The Balaban J connectivity index is 1.61. The van der Waals surface area contributed by atoms with E-state index in [1.165, 1.54) is 5.56 Å². The zero-order valence-corrected chi connectivity index (χ0v) is 17.5. The van der Waals surface area contributed by atoms with E-state index in [9.17, 15) is 9.90 Å². The quantitative estimate of drug-likeness (QED) is 0.717. The molecule has 0 aliphatic carbocycles. The van der Waals surface area contributed by atoms with Crippen molar-refractivity contribution in [2.75, 3.05) is 0 Å². The number of carboxylic acid groups (broad SMARTS) is 1. The van der Waals surface area contributed by atoms with Gasteiger partial charge in [0.25, 0.3) is 0 Å². The summed E-state index contributed by atoms with van der Waals surface area (Å²) < 4.78 is 12.5. The summed E-state index contributed by atoms with van der Waals surface area (Å²) in [6, 6.07) is 11.7. The van der Waals surface area contributed by atoms with Crippen LogP contribution in [-0.4, -0.2) is 19.4 Å². The first kappa shape index (κ1) is 18.4. The van der Waals surface area contributed by atoms with Crippen molar-refractivity contribution in [1.82, 2.24) is 0 Å². The van der Waals surface area contributed by atoms with E-state index in [2.05, 4.69) is 52.1 Å². The van der Waals surface area contributed by atoms with Crippen LogP contribution in [0.2, 0.25) is 18.1 Å². The van der Waals surface area contributed by atoms with E-state index in [0.717, 1.165) is 22.3 Å². The molecular formula is C22H26O4Si. The van der Waals surface area contributed by atoms with Crippen LogP contribution in [-0.2, 0) is 15.8 Å². The lowest BCUT2D eigenvalue weighted by Crippen LogP contribution is -2.40. The van der Waals surface area contributed by atoms with Crippen molar-refractivity contribution >= 4 is 14.3 Å². The minimum absolute atomic E-state index is 0.0850. The van der Waals surface area contributed by atoms with Crippen LogP contribution < -0.4 is 0 Å². The molecule has 0 aromatic heterocycles. The predicted octanol–water partition coefficient (Wildman–Crippen LogP) is 5.43. The Morgan fingerprint density at radius 3 is 2.26 bits per heavy atom. The van der Waals surface area contributed by atoms with Crippen molar-refractivity contribution in [1.29, 1.82) is 0 Å². The van der Waals surface area contributed by atoms with Gasteiger partial charge in [0.1, 0.15) is 12.2 Å². The van der Waals surface area contributed by atoms with Crippen molar-refractivity contribution in [3.63, 3.8) is 0 Å². The normalized spacial score (nSPS) is 20.5. The van der Waals surface area contributed by atoms with Gasteiger partial charge >= 0.3 is 5.97 Å². The van der Waals surface area contributed by atoms with Gasteiger partial charge < -0.3 is 14.3 Å². The lowest BCUT2D eigenvalue weighted by atomic mass is 9.84. The van der Waals surface area contributed by atoms with E-state index in [4.69, 9.17) is 9.16 Å². The van der Waals surface area contributed by atoms with Gasteiger partial charge in [0.05, 0.1) is 12.2 Å². The average Bonchev–Trinajstić information content (AvgIpc) is 3.15. The summed E-state index contributed by atoms with van der Waals surface area (Å²) >= 11 is 0. The van der Waals surface area contributed by atoms with Crippen molar-refractivity contribution < 1.29 is 19.1 Å². The van der Waals surface area contributed by atoms with Crippen LogP contribution in [0.3, 0.4) is 0 Å². The van der Waals surface area contributed by atoms with Crippen LogP contribution in [0.25, 0.3) is 0 Å². The number of hydrogen-bond acceptors (Lipinski definition) is 3. The van der Waals surface area contributed by atoms with Gasteiger partial charge in [-0.25, -0.2) is 4.79 Å². The fourth-order valence-electron chi connectivity index (χ4n) is 3.60. The fourth-order valence-corrected chi connectivity index (χ4v) is 4.56. The van der Waals surface area contributed by atoms with E-state index >= 15 is 0 Å². The first-order chi connectivity index (χ1) is 12.6. The molecule has 2 aromatic carbocycles. The number of aromatic carboxylic acids is 1. The Hall–Kier alpha value is -1.95. The highest BCUT2D eigenvalue weighted by molar-refractivity contribution is 6.74. The molecule has 0 unspecified atom stereocenters. The second-order valence-corrected chi connectivity index (χ2v) is 13.9. The lowest BCUT2D eigenvalue weighted by molar-refractivity contribution is 0.0696. The average molecular weight is 383 g/mol. The van der Waals surface area contributed by atoms with Crippen LogP contribution in [0.5, 0.6) is 0 Å². The van der Waals surface area contributed by atoms with E-state index in [-0.39, 0.29) is 17.2 Å². The largest absolute Gasteiger partial charge is 0.478 e. The minimum atomic E-state index is -1.80. The van der Waals surface area contributed by atoms with Gasteiger partial charge in [0.15, 0.2) is 8.32 Å². The molecule has 2 aliphatic rings. The summed E-state index contributed by atoms with van der Waals surface area (Å²) in [5.74, 6) is -0.905. The number of carboxylic acids is 1. The van der Waals surface area contributed by atoms with Gasteiger partial charge in [0.2, 0.25) is 0 Å². The highest BCUT2D eigenvalue weighted by Crippen LogP contribution is 2.54. The maximum atomic E-state index is 11.3. The van der Waals surface area contributed by atoms with Gasteiger partial charge in [-0.3, -0.25) is 0 Å². The molecule has 0 amide bonds. The standard InChI is InChI=1S/C22H26O4Si/c1-22(2,3)27(4,5)25-12-13-6-8-15-17(10-13)20-18-11-14(21(23)24)7-9-16(18)19(15)26-20/h6-11,19-20H,12H2,1-5H3,(H,23,24)/t19-,20+/m1/s1. The smallest absolute Gasteiger partial charge is 0.335 e. The van der Waals surface area contributed by atoms with Crippen molar-refractivity contribution in [3.05, 3.63) is 69.8 Å². The molecule has 2 atom stereocenters. The van der Waals surface area contributed by atoms with Crippen LogP contribution in [0.1, 0.15) is 71.2 Å². The molecule has 0 spiro atoms. The monoisotopic (exact) mass is 382 g/mol. The van der Waals surface area contributed by atoms with Crippen LogP contribution in [0, 0.1) is 0 Å². The minimum Gasteiger partial charge on any atom is -0.478 e. The Kier molecular flexibility index (Phi) is 4.11. The Labute approximate surface area is 161 Å². The second kappa shape index (κ2) is 6.02. The van der Waals surface area contributed by atoms with E-state index < -0.39 is 14.3 Å². The molecule has 142 valence electrons. The van der Waals surface area contributed by atoms with E-state index in [1.54, 1.807) is 12.1 Å². The molecule has 1 N–H and O–H groups in total. The first-order valence-corrected chi connectivity index (χ1v) is 12.3. The van der Waals surface area contributed by atoms with Gasteiger partial charge in [-0.15, -0.1) is 0 Å². The molecule has 0 radical (unpaired) electrons. The Bertz CT molecular complexity index is 926. The van der Waals surface area contributed by atoms with Gasteiger partial charge in [0, 0.05) is 0 Å². The third-order valence-electron chi connectivity index (χ3n) is 6.29. The van der Waals surface area contributed by atoms with Crippen molar-refractivity contribution in [3.8, 4) is 0 Å². The molecule has 4 rings (SSSR count). The third kappa shape index (κ3) is 2.94. The summed E-state index contributed by atoms with van der Waals surface area (Å²) in [7, 11) is -1.80. The highest BCUT2D eigenvalue weighted by atomic mass is 28.4. The number of rotatable bonds is 4. The summed E-state index contributed by atoms with van der Waals surface area (Å²) in [6.45, 7) is 11.8. The Morgan fingerprint density at radius 2 is 1.63 bits per heavy atom. The third-order valence-corrected chi connectivity index (χ3v) is 10.8. The molecule has 2 heterocycles. The van der Waals surface area contributed by atoms with Gasteiger partial charge in [-0.2, -0.15) is 0 Å². The first-order valence-electron chi connectivity index (χ1n) is 9.38. The molecule has 5 heteroatoms. The molecule has 2 bridgehead atoms. The molecule has 0 fully saturated rings. The summed E-state index contributed by atoms with van der Waals surface area (Å²) in [5.41, 5.74) is 5.85. The van der Waals surface area contributed by atoms with Crippen LogP contribution >= 0.6 is 0 Å². The number of fused-ring (bicyclic) bond motifs is 8. The second-order valence-electron chi connectivity index (χ2n) is 9.06. The molecular weight excluding hydrogens is 356 g/mol. The molecule has 2 aliphatic heterocycles. The zero-order valence-electron chi connectivity index (χ0n) is 16.5. The van der Waals surface area contributed by atoms with Crippen molar-refractivity contribution in [2.45, 2.75) is 57.7 Å². The zero-order chi connectivity index (χ0) is 19.6. The van der Waals surface area contributed by atoms with E-state index in [1.807, 2.05) is 6.07 Å². The number of hydrogen-bond donors (Lipinski definition) is 1. The predicted molar refractivity (Wildman–Crippen MR) is 107 cm³/mol. The van der Waals surface area contributed by atoms with Gasteiger partial charge in [-0.05, 0) is 58.1 Å². The highest BCUT2D eigenvalue weighted by Gasteiger charge is 2.43. The number of benzene rings is 2. The number of ether oxygens (including phenoxy) is 1. The molecule has 2 aromatic rings. The molecule has 0 saturated carbocycles. The maximum absolute atomic E-state index is 11.3.